The minimum absolute atomic E-state index is 0.108. The average molecular weight is 427 g/mol. The third kappa shape index (κ3) is 3.67. The van der Waals surface area contributed by atoms with E-state index in [1.165, 1.54) is 10.4 Å². The van der Waals surface area contributed by atoms with E-state index in [4.69, 9.17) is 18.6 Å². The van der Waals surface area contributed by atoms with Crippen LogP contribution in [0.4, 0.5) is 0 Å². The van der Waals surface area contributed by atoms with E-state index >= 15 is 0 Å². The highest BCUT2D eigenvalue weighted by Gasteiger charge is 2.56. The number of carbonyl (C=O) groups is 1. The Morgan fingerprint density at radius 2 is 1.47 bits per heavy atom. The van der Waals surface area contributed by atoms with E-state index in [1.807, 2.05) is 36.4 Å². The molecule has 0 radical (unpaired) electrons. The molecule has 2 aliphatic rings. The van der Waals surface area contributed by atoms with Crippen LogP contribution in [0.25, 0.3) is 0 Å². The van der Waals surface area contributed by atoms with Crippen molar-refractivity contribution >= 4 is 24.5 Å². The minimum atomic E-state index is -2.72. The molecule has 30 heavy (non-hydrogen) atoms. The quantitative estimate of drug-likeness (QED) is 0.688. The minimum Gasteiger partial charge on any atom is -0.404 e. The van der Waals surface area contributed by atoms with Crippen molar-refractivity contribution in [1.82, 2.24) is 0 Å². The van der Waals surface area contributed by atoms with Crippen LogP contribution in [0.5, 0.6) is 0 Å². The second-order valence-corrected chi connectivity index (χ2v) is 13.7. The van der Waals surface area contributed by atoms with Crippen LogP contribution in [-0.4, -0.2) is 45.0 Å². The molecule has 2 aromatic rings. The summed E-state index contributed by atoms with van der Waals surface area (Å²) in [4.78, 5) is 12.9. The van der Waals surface area contributed by atoms with Gasteiger partial charge in [0.25, 0.3) is 8.32 Å². The number of carbonyl (C=O) groups excluding carboxylic acids is 1. The van der Waals surface area contributed by atoms with Crippen molar-refractivity contribution in [3.8, 4) is 0 Å². The van der Waals surface area contributed by atoms with Crippen molar-refractivity contribution in [3.05, 3.63) is 60.7 Å². The van der Waals surface area contributed by atoms with Crippen molar-refractivity contribution in [2.24, 2.45) is 0 Å². The highest BCUT2D eigenvalue weighted by molar-refractivity contribution is 6.99. The van der Waals surface area contributed by atoms with E-state index in [9.17, 15) is 4.79 Å². The maximum absolute atomic E-state index is 12.9. The van der Waals surface area contributed by atoms with Gasteiger partial charge in [0.2, 0.25) is 0 Å². The third-order valence-electron chi connectivity index (χ3n) is 5.82. The van der Waals surface area contributed by atoms with Crippen molar-refractivity contribution in [1.29, 1.82) is 0 Å². The zero-order chi connectivity index (χ0) is 21.6. The van der Waals surface area contributed by atoms with E-state index in [0.717, 1.165) is 0 Å². The highest BCUT2D eigenvalue weighted by Crippen LogP contribution is 2.39. The lowest BCUT2D eigenvalue weighted by molar-refractivity contribution is -0.206. The largest absolute Gasteiger partial charge is 0.404 e. The molecule has 160 valence electrons. The standard InChI is InChI=1S/C24H30O5Si/c1-23(2,3)30(17-12-8-6-9-13-17,18-14-10-7-11-15-18)26-16-19-20(25)21-22(27-19)29-24(4,5)28-21/h6-15,19,21-22H,16H2,1-5H3/t19-,21+,22-/m1/s1. The monoisotopic (exact) mass is 426 g/mol. The van der Waals surface area contributed by atoms with Gasteiger partial charge in [-0.05, 0) is 29.3 Å². The van der Waals surface area contributed by atoms with Gasteiger partial charge in [-0.15, -0.1) is 0 Å². The molecule has 0 amide bonds. The summed E-state index contributed by atoms with van der Waals surface area (Å²) in [5, 5.41) is 2.17. The van der Waals surface area contributed by atoms with Gasteiger partial charge in [0, 0.05) is 0 Å². The van der Waals surface area contributed by atoms with Gasteiger partial charge in [-0.2, -0.15) is 0 Å². The Kier molecular flexibility index (Phi) is 5.49. The molecule has 0 bridgehead atoms. The summed E-state index contributed by atoms with van der Waals surface area (Å²) >= 11 is 0. The summed E-state index contributed by atoms with van der Waals surface area (Å²) in [7, 11) is -2.72. The smallest absolute Gasteiger partial charge is 0.261 e. The lowest BCUT2D eigenvalue weighted by Crippen LogP contribution is -2.67. The van der Waals surface area contributed by atoms with Crippen LogP contribution in [0.2, 0.25) is 5.04 Å². The van der Waals surface area contributed by atoms with E-state index in [1.54, 1.807) is 13.8 Å². The average Bonchev–Trinajstić information content (AvgIpc) is 3.15. The fourth-order valence-corrected chi connectivity index (χ4v) is 9.07. The van der Waals surface area contributed by atoms with Gasteiger partial charge < -0.3 is 18.6 Å². The van der Waals surface area contributed by atoms with Crippen LogP contribution in [0, 0.1) is 0 Å². The number of hydrogen-bond acceptors (Lipinski definition) is 5. The van der Waals surface area contributed by atoms with Crippen LogP contribution in [0.15, 0.2) is 60.7 Å². The van der Waals surface area contributed by atoms with E-state index in [2.05, 4.69) is 45.0 Å². The van der Waals surface area contributed by atoms with Crippen LogP contribution in [0.1, 0.15) is 34.6 Å². The van der Waals surface area contributed by atoms with Crippen LogP contribution >= 0.6 is 0 Å². The Balaban J connectivity index is 1.66. The molecule has 0 N–H and O–H groups in total. The molecule has 2 saturated heterocycles. The number of benzene rings is 2. The van der Waals surface area contributed by atoms with Crippen molar-refractivity contribution < 1.29 is 23.4 Å². The number of ketones is 1. The summed E-state index contributed by atoms with van der Waals surface area (Å²) in [5.74, 6) is -0.919. The number of Topliss-reactive ketones (excluding diaryl/α,β-unsaturated/α-hetero) is 1. The first-order valence-corrected chi connectivity index (χ1v) is 12.3. The first-order valence-electron chi connectivity index (χ1n) is 10.4. The van der Waals surface area contributed by atoms with Gasteiger partial charge >= 0.3 is 0 Å². The molecule has 0 aromatic heterocycles. The second kappa shape index (κ2) is 7.69. The Bertz CT molecular complexity index is 851. The molecular weight excluding hydrogens is 396 g/mol. The third-order valence-corrected chi connectivity index (χ3v) is 10.8. The maximum Gasteiger partial charge on any atom is 0.261 e. The van der Waals surface area contributed by atoms with Gasteiger partial charge in [0.05, 0.1) is 6.61 Å². The van der Waals surface area contributed by atoms with E-state index < -0.39 is 32.6 Å². The Hall–Kier alpha value is -1.83. The summed E-state index contributed by atoms with van der Waals surface area (Å²) in [6.45, 7) is 10.4. The van der Waals surface area contributed by atoms with Gasteiger partial charge in [0.15, 0.2) is 24.0 Å². The molecule has 0 saturated carbocycles. The second-order valence-electron chi connectivity index (χ2n) is 9.43. The zero-order valence-electron chi connectivity index (χ0n) is 18.3. The molecule has 0 spiro atoms. The number of rotatable bonds is 5. The molecule has 2 fully saturated rings. The highest BCUT2D eigenvalue weighted by atomic mass is 28.4. The number of hydrogen-bond donors (Lipinski definition) is 0. The van der Waals surface area contributed by atoms with Gasteiger partial charge in [-0.1, -0.05) is 81.4 Å². The van der Waals surface area contributed by atoms with Crippen molar-refractivity contribution in [2.75, 3.05) is 6.61 Å². The molecule has 6 heteroatoms. The van der Waals surface area contributed by atoms with E-state index in [-0.39, 0.29) is 17.4 Å². The van der Waals surface area contributed by atoms with Crippen molar-refractivity contribution in [3.63, 3.8) is 0 Å². The topological polar surface area (TPSA) is 54.0 Å². The number of ether oxygens (including phenoxy) is 3. The van der Waals surface area contributed by atoms with Gasteiger partial charge in [-0.25, -0.2) is 0 Å². The molecule has 0 aliphatic carbocycles. The summed E-state index contributed by atoms with van der Waals surface area (Å²) < 4.78 is 24.2. The van der Waals surface area contributed by atoms with Crippen LogP contribution < -0.4 is 10.4 Å². The van der Waals surface area contributed by atoms with E-state index in [0.29, 0.717) is 0 Å². The van der Waals surface area contributed by atoms with Crippen LogP contribution in [0.3, 0.4) is 0 Å². The summed E-state index contributed by atoms with van der Waals surface area (Å²) in [6, 6.07) is 20.7. The maximum atomic E-state index is 12.9. The fourth-order valence-electron chi connectivity index (χ4n) is 4.52. The summed E-state index contributed by atoms with van der Waals surface area (Å²) in [5.41, 5.74) is 0. The molecule has 2 aromatic carbocycles. The van der Waals surface area contributed by atoms with Gasteiger partial charge in [-0.3, -0.25) is 4.79 Å². The SMILES string of the molecule is CC1(C)O[C@H]2O[C@H](CO[Si](c3ccccc3)(c3ccccc3)C(C)(C)C)C(=O)[C@@H]2O1. The molecule has 2 heterocycles. The predicted octanol–water partition coefficient (Wildman–Crippen LogP) is 3.01. The Labute approximate surface area is 179 Å². The molecular formula is C24H30O5Si. The Morgan fingerprint density at radius 1 is 0.933 bits per heavy atom. The summed E-state index contributed by atoms with van der Waals surface area (Å²) in [6.07, 6.45) is -2.05. The molecule has 0 unspecified atom stereocenters. The predicted molar refractivity (Wildman–Crippen MR) is 117 cm³/mol. The Morgan fingerprint density at radius 3 is 1.93 bits per heavy atom. The molecule has 2 aliphatic heterocycles. The fraction of sp³-hybridized carbons (Fsp3) is 0.458. The molecule has 3 atom stereocenters. The van der Waals surface area contributed by atoms with Crippen molar-refractivity contribution in [2.45, 2.75) is 63.9 Å². The van der Waals surface area contributed by atoms with Gasteiger partial charge in [0.1, 0.15) is 6.10 Å². The first-order chi connectivity index (χ1) is 14.1. The lowest BCUT2D eigenvalue weighted by atomic mass is 10.2. The number of fused-ring (bicyclic) bond motifs is 1. The van der Waals surface area contributed by atoms with Crippen LogP contribution in [-0.2, 0) is 23.4 Å². The zero-order valence-corrected chi connectivity index (χ0v) is 19.3. The first kappa shape index (κ1) is 21.4. The normalized spacial score (nSPS) is 26.0. The molecule has 4 rings (SSSR count). The lowest BCUT2D eigenvalue weighted by Gasteiger charge is -2.43. The molecule has 5 nitrogen and oxygen atoms in total.